The first-order valence-corrected chi connectivity index (χ1v) is 7.21. The molecule has 110 valence electrons. The van der Waals surface area contributed by atoms with E-state index < -0.39 is 17.9 Å². The van der Waals surface area contributed by atoms with Crippen LogP contribution < -0.4 is 10.1 Å². The molecule has 0 aromatic heterocycles. The van der Waals surface area contributed by atoms with Gasteiger partial charge in [-0.15, -0.1) is 0 Å². The van der Waals surface area contributed by atoms with E-state index in [0.29, 0.717) is 28.1 Å². The molecule has 20 heavy (non-hydrogen) atoms. The first kappa shape index (κ1) is 16.8. The highest BCUT2D eigenvalue weighted by atomic mass is 79.9. The first-order chi connectivity index (χ1) is 9.43. The van der Waals surface area contributed by atoms with Crippen LogP contribution in [0, 0.1) is 0 Å². The normalized spacial score (nSPS) is 11.8. The van der Waals surface area contributed by atoms with Crippen molar-refractivity contribution in [2.75, 3.05) is 6.61 Å². The summed E-state index contributed by atoms with van der Waals surface area (Å²) in [6.07, 6.45) is 1.05. The van der Waals surface area contributed by atoms with Gasteiger partial charge in [-0.3, -0.25) is 4.79 Å². The SMILES string of the molecule is CCCC(NC(=O)COc1ccc(Cl)cc1Br)C(=O)O. The Hall–Kier alpha value is -1.27. The molecule has 1 aromatic carbocycles. The zero-order chi connectivity index (χ0) is 15.1. The van der Waals surface area contributed by atoms with E-state index in [-0.39, 0.29) is 6.61 Å². The first-order valence-electron chi connectivity index (χ1n) is 6.04. The molecule has 2 N–H and O–H groups in total. The van der Waals surface area contributed by atoms with Crippen molar-refractivity contribution in [1.82, 2.24) is 5.32 Å². The summed E-state index contributed by atoms with van der Waals surface area (Å²) in [4.78, 5) is 22.6. The monoisotopic (exact) mass is 363 g/mol. The molecule has 0 aliphatic rings. The Morgan fingerprint density at radius 1 is 1.50 bits per heavy atom. The molecule has 0 bridgehead atoms. The van der Waals surface area contributed by atoms with E-state index in [1.807, 2.05) is 6.92 Å². The van der Waals surface area contributed by atoms with Crippen LogP contribution in [0.1, 0.15) is 19.8 Å². The zero-order valence-corrected chi connectivity index (χ0v) is 13.2. The van der Waals surface area contributed by atoms with Gasteiger partial charge in [0.25, 0.3) is 5.91 Å². The van der Waals surface area contributed by atoms with Gasteiger partial charge in [0.15, 0.2) is 6.61 Å². The summed E-state index contributed by atoms with van der Waals surface area (Å²) in [6, 6.07) is 4.02. The predicted molar refractivity (Wildman–Crippen MR) is 79.1 cm³/mol. The second kappa shape index (κ2) is 8.11. The van der Waals surface area contributed by atoms with Crippen molar-refractivity contribution in [2.45, 2.75) is 25.8 Å². The number of carbonyl (C=O) groups excluding carboxylic acids is 1. The van der Waals surface area contributed by atoms with E-state index >= 15 is 0 Å². The van der Waals surface area contributed by atoms with Gasteiger partial charge in [0, 0.05) is 5.02 Å². The second-order valence-corrected chi connectivity index (χ2v) is 5.40. The highest BCUT2D eigenvalue weighted by Crippen LogP contribution is 2.27. The Kier molecular flexibility index (Phi) is 6.81. The lowest BCUT2D eigenvalue weighted by Crippen LogP contribution is -2.42. The van der Waals surface area contributed by atoms with Crippen LogP contribution in [0.5, 0.6) is 5.75 Å². The summed E-state index contributed by atoms with van der Waals surface area (Å²) < 4.78 is 5.93. The average Bonchev–Trinajstić information content (AvgIpc) is 2.37. The Morgan fingerprint density at radius 2 is 2.20 bits per heavy atom. The molecule has 1 amide bonds. The standard InChI is InChI=1S/C13H15BrClNO4/c1-2-3-10(13(18)19)16-12(17)7-20-11-5-4-8(15)6-9(11)14/h4-6,10H,2-3,7H2,1H3,(H,16,17)(H,18,19). The molecule has 1 rings (SSSR count). The fraction of sp³-hybridized carbons (Fsp3) is 0.385. The van der Waals surface area contributed by atoms with Crippen molar-refractivity contribution in [2.24, 2.45) is 0 Å². The average molecular weight is 365 g/mol. The van der Waals surface area contributed by atoms with Gasteiger partial charge >= 0.3 is 5.97 Å². The molecule has 1 aromatic rings. The van der Waals surface area contributed by atoms with Gasteiger partial charge in [-0.25, -0.2) is 4.79 Å². The smallest absolute Gasteiger partial charge is 0.326 e. The van der Waals surface area contributed by atoms with Gasteiger partial charge in [-0.1, -0.05) is 24.9 Å². The van der Waals surface area contributed by atoms with E-state index in [0.717, 1.165) is 0 Å². The molecule has 0 aliphatic heterocycles. The van der Waals surface area contributed by atoms with Crippen LogP contribution >= 0.6 is 27.5 Å². The molecule has 0 radical (unpaired) electrons. The van der Waals surface area contributed by atoms with Gasteiger partial charge in [-0.2, -0.15) is 0 Å². The topological polar surface area (TPSA) is 75.6 Å². The molecule has 7 heteroatoms. The van der Waals surface area contributed by atoms with Crippen molar-refractivity contribution in [1.29, 1.82) is 0 Å². The predicted octanol–water partition coefficient (Wildman–Crippen LogP) is 2.85. The van der Waals surface area contributed by atoms with Crippen molar-refractivity contribution in [3.05, 3.63) is 27.7 Å². The molecule has 0 saturated carbocycles. The van der Waals surface area contributed by atoms with Gasteiger partial charge in [0.2, 0.25) is 0 Å². The molecule has 1 unspecified atom stereocenters. The Bertz CT molecular complexity index is 495. The van der Waals surface area contributed by atoms with Crippen LogP contribution in [-0.4, -0.2) is 29.6 Å². The van der Waals surface area contributed by atoms with Crippen LogP contribution in [0.25, 0.3) is 0 Å². The number of hydrogen-bond donors (Lipinski definition) is 2. The van der Waals surface area contributed by atoms with Crippen molar-refractivity contribution in [3.8, 4) is 5.75 Å². The maximum Gasteiger partial charge on any atom is 0.326 e. The largest absolute Gasteiger partial charge is 0.483 e. The summed E-state index contributed by atoms with van der Waals surface area (Å²) in [5, 5.41) is 11.9. The van der Waals surface area contributed by atoms with Crippen molar-refractivity contribution in [3.63, 3.8) is 0 Å². The molecule has 0 fully saturated rings. The quantitative estimate of drug-likeness (QED) is 0.780. The number of hydrogen-bond acceptors (Lipinski definition) is 3. The third-order valence-electron chi connectivity index (χ3n) is 2.46. The van der Waals surface area contributed by atoms with Gasteiger partial charge < -0.3 is 15.2 Å². The minimum Gasteiger partial charge on any atom is -0.483 e. The van der Waals surface area contributed by atoms with E-state index in [4.69, 9.17) is 21.4 Å². The number of carboxylic acids is 1. The van der Waals surface area contributed by atoms with E-state index in [1.165, 1.54) is 0 Å². The number of ether oxygens (including phenoxy) is 1. The van der Waals surface area contributed by atoms with E-state index in [2.05, 4.69) is 21.2 Å². The maximum absolute atomic E-state index is 11.6. The number of benzene rings is 1. The van der Waals surface area contributed by atoms with Gasteiger partial charge in [0.05, 0.1) is 4.47 Å². The fourth-order valence-corrected chi connectivity index (χ4v) is 2.31. The minimum atomic E-state index is -1.05. The van der Waals surface area contributed by atoms with Crippen LogP contribution in [0.2, 0.25) is 5.02 Å². The summed E-state index contributed by atoms with van der Waals surface area (Å²) in [7, 11) is 0. The Morgan fingerprint density at radius 3 is 2.75 bits per heavy atom. The molecule has 0 spiro atoms. The number of aliphatic carboxylic acids is 1. The number of carboxylic acid groups (broad SMARTS) is 1. The Labute approximate surface area is 130 Å². The minimum absolute atomic E-state index is 0.256. The number of halogens is 2. The van der Waals surface area contributed by atoms with E-state index in [1.54, 1.807) is 18.2 Å². The molecule has 0 heterocycles. The molecule has 0 saturated heterocycles. The molecular weight excluding hydrogens is 350 g/mol. The van der Waals surface area contributed by atoms with Crippen molar-refractivity contribution >= 4 is 39.4 Å². The van der Waals surface area contributed by atoms with Crippen LogP contribution in [0.3, 0.4) is 0 Å². The number of amides is 1. The molecule has 5 nitrogen and oxygen atoms in total. The van der Waals surface area contributed by atoms with Crippen LogP contribution in [0.15, 0.2) is 22.7 Å². The summed E-state index contributed by atoms with van der Waals surface area (Å²) in [6.45, 7) is 1.59. The maximum atomic E-state index is 11.6. The molecule has 0 aliphatic carbocycles. The van der Waals surface area contributed by atoms with Gasteiger partial charge in [-0.05, 0) is 40.5 Å². The van der Waals surface area contributed by atoms with Crippen LogP contribution in [0.4, 0.5) is 0 Å². The van der Waals surface area contributed by atoms with E-state index in [9.17, 15) is 9.59 Å². The highest BCUT2D eigenvalue weighted by molar-refractivity contribution is 9.10. The van der Waals surface area contributed by atoms with Gasteiger partial charge in [0.1, 0.15) is 11.8 Å². The second-order valence-electron chi connectivity index (χ2n) is 4.11. The summed E-state index contributed by atoms with van der Waals surface area (Å²) in [5.74, 6) is -1.06. The fourth-order valence-electron chi connectivity index (χ4n) is 1.52. The zero-order valence-electron chi connectivity index (χ0n) is 10.9. The number of nitrogens with one attached hydrogen (secondary N) is 1. The third kappa shape index (κ3) is 5.38. The lowest BCUT2D eigenvalue weighted by atomic mass is 10.2. The lowest BCUT2D eigenvalue weighted by Gasteiger charge is -2.14. The third-order valence-corrected chi connectivity index (χ3v) is 3.32. The molecular formula is C13H15BrClNO4. The summed E-state index contributed by atoms with van der Waals surface area (Å²) >= 11 is 9.05. The van der Waals surface area contributed by atoms with Crippen molar-refractivity contribution < 1.29 is 19.4 Å². The number of rotatable bonds is 7. The highest BCUT2D eigenvalue weighted by Gasteiger charge is 2.19. The molecule has 1 atom stereocenters. The Balaban J connectivity index is 2.52. The van der Waals surface area contributed by atoms with Crippen LogP contribution in [-0.2, 0) is 9.59 Å². The lowest BCUT2D eigenvalue weighted by molar-refractivity contribution is -0.142. The summed E-state index contributed by atoms with van der Waals surface area (Å²) in [5.41, 5.74) is 0. The number of carbonyl (C=O) groups is 2.